The molecule has 4 heteroatoms. The van der Waals surface area contributed by atoms with E-state index in [9.17, 15) is 0 Å². The normalized spacial score (nSPS) is 12.2. The van der Waals surface area contributed by atoms with Gasteiger partial charge in [-0.25, -0.2) is 4.98 Å². The van der Waals surface area contributed by atoms with Crippen LogP contribution in [0.2, 0.25) is 0 Å². The summed E-state index contributed by atoms with van der Waals surface area (Å²) in [4.78, 5) is 5.68. The first-order valence-corrected chi connectivity index (χ1v) is 8.15. The van der Waals surface area contributed by atoms with E-state index in [1.165, 1.54) is 11.1 Å². The summed E-state index contributed by atoms with van der Waals surface area (Å²) in [6.45, 7) is 8.60. The number of nitrogens with zero attached hydrogens (tertiary/aromatic N) is 2. The summed E-state index contributed by atoms with van der Waals surface area (Å²) in [5, 5.41) is 2.13. The van der Waals surface area contributed by atoms with Crippen molar-refractivity contribution in [1.29, 1.82) is 0 Å². The Balaban J connectivity index is 2.17. The van der Waals surface area contributed by atoms with Crippen molar-refractivity contribution >= 4 is 22.1 Å². The van der Waals surface area contributed by atoms with Crippen molar-refractivity contribution in [2.75, 3.05) is 5.73 Å². The van der Waals surface area contributed by atoms with Gasteiger partial charge in [-0.1, -0.05) is 52.0 Å². The quantitative estimate of drug-likeness (QED) is 0.757. The molecule has 1 aromatic carbocycles. The van der Waals surface area contributed by atoms with Gasteiger partial charge in [0.05, 0.1) is 11.4 Å². The molecular weight excluding hydrogens is 278 g/mol. The summed E-state index contributed by atoms with van der Waals surface area (Å²) in [6, 6.07) is 8.68. The van der Waals surface area contributed by atoms with Crippen LogP contribution in [0.3, 0.4) is 0 Å². The highest BCUT2D eigenvalue weighted by atomic mass is 32.1. The first-order valence-electron chi connectivity index (χ1n) is 7.27. The van der Waals surface area contributed by atoms with Gasteiger partial charge in [0, 0.05) is 10.8 Å². The number of hydrogen-bond donors (Lipinski definition) is 1. The molecule has 3 rings (SSSR count). The molecule has 2 aromatic heterocycles. The van der Waals surface area contributed by atoms with E-state index in [1.807, 2.05) is 0 Å². The van der Waals surface area contributed by atoms with E-state index >= 15 is 0 Å². The molecule has 0 aliphatic carbocycles. The van der Waals surface area contributed by atoms with E-state index < -0.39 is 0 Å². The first-order chi connectivity index (χ1) is 9.91. The van der Waals surface area contributed by atoms with Crippen LogP contribution in [0.4, 0.5) is 5.82 Å². The Bertz CT molecular complexity index is 773. The zero-order chi connectivity index (χ0) is 15.2. The van der Waals surface area contributed by atoms with Crippen molar-refractivity contribution in [2.45, 2.75) is 39.5 Å². The first kappa shape index (κ1) is 14.1. The van der Waals surface area contributed by atoms with Crippen molar-refractivity contribution in [3.05, 3.63) is 40.9 Å². The van der Waals surface area contributed by atoms with Gasteiger partial charge in [-0.3, -0.25) is 4.40 Å². The molecule has 0 saturated heterocycles. The SMILES string of the molecule is CCc1ccc(-c2csc3nc(C(C)(C)C)c(N)n23)cc1. The number of nitrogen functional groups attached to an aromatic ring is 1. The lowest BCUT2D eigenvalue weighted by atomic mass is 9.92. The predicted molar refractivity (Wildman–Crippen MR) is 91.0 cm³/mol. The molecule has 21 heavy (non-hydrogen) atoms. The van der Waals surface area contributed by atoms with Gasteiger partial charge < -0.3 is 5.73 Å². The number of fused-ring (bicyclic) bond motifs is 1. The number of anilines is 1. The van der Waals surface area contributed by atoms with E-state index in [0.717, 1.165) is 28.6 Å². The van der Waals surface area contributed by atoms with Gasteiger partial charge in [0.15, 0.2) is 4.96 Å². The van der Waals surface area contributed by atoms with Crippen molar-refractivity contribution in [1.82, 2.24) is 9.38 Å². The lowest BCUT2D eigenvalue weighted by molar-refractivity contribution is 0.576. The second kappa shape index (κ2) is 4.88. The highest BCUT2D eigenvalue weighted by Gasteiger charge is 2.24. The molecule has 3 aromatic rings. The maximum atomic E-state index is 6.37. The summed E-state index contributed by atoms with van der Waals surface area (Å²) in [7, 11) is 0. The van der Waals surface area contributed by atoms with Crippen LogP contribution in [0.5, 0.6) is 0 Å². The van der Waals surface area contributed by atoms with Crippen LogP contribution in [0.15, 0.2) is 29.6 Å². The highest BCUT2D eigenvalue weighted by Crippen LogP contribution is 2.34. The Hall–Kier alpha value is -1.81. The van der Waals surface area contributed by atoms with Crippen molar-refractivity contribution < 1.29 is 0 Å². The predicted octanol–water partition coefficient (Wildman–Crippen LogP) is 4.50. The van der Waals surface area contributed by atoms with E-state index in [-0.39, 0.29) is 5.41 Å². The van der Waals surface area contributed by atoms with Crippen molar-refractivity contribution in [3.63, 3.8) is 0 Å². The Morgan fingerprint density at radius 3 is 2.43 bits per heavy atom. The van der Waals surface area contributed by atoms with E-state index in [2.05, 4.69) is 61.7 Å². The van der Waals surface area contributed by atoms with Gasteiger partial charge in [0.1, 0.15) is 5.82 Å². The van der Waals surface area contributed by atoms with Gasteiger partial charge >= 0.3 is 0 Å². The van der Waals surface area contributed by atoms with Crippen LogP contribution in [0.25, 0.3) is 16.2 Å². The largest absolute Gasteiger partial charge is 0.383 e. The fourth-order valence-electron chi connectivity index (χ4n) is 2.55. The molecule has 0 amide bonds. The van der Waals surface area contributed by atoms with Crippen molar-refractivity contribution in [3.8, 4) is 11.3 Å². The Morgan fingerprint density at radius 1 is 1.19 bits per heavy atom. The minimum Gasteiger partial charge on any atom is -0.383 e. The van der Waals surface area contributed by atoms with Gasteiger partial charge in [-0.05, 0) is 17.5 Å². The average Bonchev–Trinajstić information content (AvgIpc) is 2.99. The average molecular weight is 299 g/mol. The molecule has 0 aliphatic heterocycles. The van der Waals surface area contributed by atoms with Gasteiger partial charge in [0.25, 0.3) is 0 Å². The number of hydrogen-bond acceptors (Lipinski definition) is 3. The zero-order valence-corrected chi connectivity index (χ0v) is 13.8. The number of benzene rings is 1. The number of aromatic nitrogens is 2. The number of imidazole rings is 1. The molecule has 110 valence electrons. The second-order valence-electron chi connectivity index (χ2n) is 6.39. The van der Waals surface area contributed by atoms with E-state index in [0.29, 0.717) is 0 Å². The Labute approximate surface area is 129 Å². The van der Waals surface area contributed by atoms with E-state index in [1.54, 1.807) is 11.3 Å². The number of aryl methyl sites for hydroxylation is 1. The fraction of sp³-hybridized carbons (Fsp3) is 0.353. The summed E-state index contributed by atoms with van der Waals surface area (Å²) >= 11 is 1.64. The Morgan fingerprint density at radius 2 is 1.86 bits per heavy atom. The summed E-state index contributed by atoms with van der Waals surface area (Å²) in [5.74, 6) is 0.758. The van der Waals surface area contributed by atoms with E-state index in [4.69, 9.17) is 10.7 Å². The van der Waals surface area contributed by atoms with Crippen LogP contribution in [-0.2, 0) is 11.8 Å². The van der Waals surface area contributed by atoms with Crippen LogP contribution in [0.1, 0.15) is 39.0 Å². The number of rotatable bonds is 2. The maximum Gasteiger partial charge on any atom is 0.196 e. The summed E-state index contributed by atoms with van der Waals surface area (Å²) in [6.07, 6.45) is 1.06. The molecule has 0 atom stereocenters. The molecular formula is C17H21N3S. The number of thiazole rings is 1. The lowest BCUT2D eigenvalue weighted by Gasteiger charge is -2.16. The smallest absolute Gasteiger partial charge is 0.196 e. The van der Waals surface area contributed by atoms with Crippen LogP contribution < -0.4 is 5.73 Å². The second-order valence-corrected chi connectivity index (χ2v) is 7.22. The minimum absolute atomic E-state index is 0.0425. The number of nitrogens with two attached hydrogens (primary N) is 1. The standard InChI is InChI=1S/C17H21N3S/c1-5-11-6-8-12(9-7-11)13-10-21-16-19-14(17(2,3)4)15(18)20(13)16/h6-10H,5,18H2,1-4H3. The molecule has 2 heterocycles. The maximum absolute atomic E-state index is 6.37. The van der Waals surface area contributed by atoms with Crippen molar-refractivity contribution in [2.24, 2.45) is 0 Å². The van der Waals surface area contributed by atoms with Gasteiger partial charge in [-0.15, -0.1) is 11.3 Å². The van der Waals surface area contributed by atoms with Crippen LogP contribution >= 0.6 is 11.3 Å². The molecule has 0 aliphatic rings. The minimum atomic E-state index is -0.0425. The van der Waals surface area contributed by atoms with Gasteiger partial charge in [0.2, 0.25) is 0 Å². The molecule has 3 nitrogen and oxygen atoms in total. The third-order valence-electron chi connectivity index (χ3n) is 3.77. The molecule has 0 radical (unpaired) electrons. The third-order valence-corrected chi connectivity index (χ3v) is 4.59. The molecule has 0 unspecified atom stereocenters. The summed E-state index contributed by atoms with van der Waals surface area (Å²) in [5.41, 5.74) is 11.0. The molecule has 0 saturated carbocycles. The Kier molecular flexibility index (Phi) is 3.29. The molecule has 2 N–H and O–H groups in total. The fourth-order valence-corrected chi connectivity index (χ4v) is 3.45. The topological polar surface area (TPSA) is 43.3 Å². The molecule has 0 bridgehead atoms. The summed E-state index contributed by atoms with van der Waals surface area (Å²) < 4.78 is 2.08. The van der Waals surface area contributed by atoms with Crippen LogP contribution in [0, 0.1) is 0 Å². The monoisotopic (exact) mass is 299 g/mol. The van der Waals surface area contributed by atoms with Crippen LogP contribution in [-0.4, -0.2) is 9.38 Å². The third kappa shape index (κ3) is 2.33. The zero-order valence-electron chi connectivity index (χ0n) is 13.0. The molecule has 0 spiro atoms. The lowest BCUT2D eigenvalue weighted by Crippen LogP contribution is -2.14. The molecule has 0 fully saturated rings. The van der Waals surface area contributed by atoms with Gasteiger partial charge in [-0.2, -0.15) is 0 Å². The highest BCUT2D eigenvalue weighted by molar-refractivity contribution is 7.15.